The Morgan fingerprint density at radius 2 is 1.80 bits per heavy atom. The molecule has 4 aliphatic rings. The van der Waals surface area contributed by atoms with E-state index in [1.54, 1.807) is 13.2 Å². The molecule has 1 aromatic heterocycles. The number of halogens is 1. The number of likely N-dealkylation sites (tertiary alicyclic amines) is 1. The van der Waals surface area contributed by atoms with Crippen LogP contribution < -0.4 is 19.7 Å². The first-order chi connectivity index (χ1) is 19.8. The summed E-state index contributed by atoms with van der Waals surface area (Å²) in [6.07, 6.45) is 7.05. The molecule has 1 N–H and O–H groups in total. The van der Waals surface area contributed by atoms with Crippen LogP contribution in [0.2, 0.25) is 5.02 Å². The number of carbonyl (C=O) groups excluding carboxylic acids is 1. The molecule has 3 fully saturated rings. The van der Waals surface area contributed by atoms with Crippen LogP contribution in [-0.4, -0.2) is 73.1 Å². The fraction of sp³-hybridized carbons (Fsp3) is 0.452. The molecule has 9 nitrogen and oxygen atoms in total. The molecule has 0 bridgehead atoms. The van der Waals surface area contributed by atoms with Gasteiger partial charge in [-0.15, -0.1) is 0 Å². The first kappa shape index (κ1) is 26.3. The monoisotopic (exact) mass is 574 g/mol. The van der Waals surface area contributed by atoms with Gasteiger partial charge in [0.25, 0.3) is 5.91 Å². The molecule has 1 aliphatic carbocycles. The van der Waals surface area contributed by atoms with E-state index in [1.807, 2.05) is 30.1 Å². The quantitative estimate of drug-likeness (QED) is 0.403. The van der Waals surface area contributed by atoms with E-state index >= 15 is 0 Å². The predicted molar refractivity (Wildman–Crippen MR) is 159 cm³/mol. The van der Waals surface area contributed by atoms with Crippen LogP contribution in [0.25, 0.3) is 0 Å². The minimum atomic E-state index is -0.222. The molecular formula is C31H35ClN6O3. The van der Waals surface area contributed by atoms with Crippen molar-refractivity contribution in [1.29, 1.82) is 0 Å². The number of piperidine rings is 1. The number of rotatable bonds is 6. The van der Waals surface area contributed by atoms with Gasteiger partial charge >= 0.3 is 0 Å². The Hall–Kier alpha value is -3.56. The van der Waals surface area contributed by atoms with E-state index in [9.17, 15) is 4.79 Å². The molecule has 4 heterocycles. The molecule has 3 aromatic rings. The zero-order valence-corrected chi connectivity index (χ0v) is 24.5. The van der Waals surface area contributed by atoms with Crippen molar-refractivity contribution < 1.29 is 14.3 Å². The molecule has 0 radical (unpaired) electrons. The number of benzene rings is 2. The largest absolute Gasteiger partial charge is 0.494 e. The summed E-state index contributed by atoms with van der Waals surface area (Å²) >= 11 is 6.46. The van der Waals surface area contributed by atoms with Crippen molar-refractivity contribution in [3.8, 4) is 17.4 Å². The van der Waals surface area contributed by atoms with Gasteiger partial charge in [0.2, 0.25) is 11.8 Å². The number of anilines is 3. The average molecular weight is 575 g/mol. The number of hydrogen-bond acceptors (Lipinski definition) is 8. The van der Waals surface area contributed by atoms with Crippen molar-refractivity contribution >= 4 is 34.8 Å². The SMILES string of the molecule is COc1cc(N2CC3(CCN(C)CC3)C2)ccc1Nc1ncc(Cl)c(Oc2cccc3c2C(=O)N(C)C32CCC2)n1. The Balaban J connectivity index is 1.09. The third-order valence-electron chi connectivity index (χ3n) is 9.68. The van der Waals surface area contributed by atoms with Gasteiger partial charge in [0.05, 0.1) is 30.1 Å². The lowest BCUT2D eigenvalue weighted by Crippen LogP contribution is -2.60. The summed E-state index contributed by atoms with van der Waals surface area (Å²) in [6.45, 7) is 4.52. The van der Waals surface area contributed by atoms with E-state index in [1.165, 1.54) is 32.1 Å². The summed E-state index contributed by atoms with van der Waals surface area (Å²) in [5.74, 6) is 1.62. The zero-order chi connectivity index (χ0) is 28.4. The van der Waals surface area contributed by atoms with Crippen molar-refractivity contribution in [3.63, 3.8) is 0 Å². The molecule has 3 aliphatic heterocycles. The molecule has 1 saturated carbocycles. The van der Waals surface area contributed by atoms with Gasteiger partial charge in [0.15, 0.2) is 0 Å². The number of fused-ring (bicyclic) bond motifs is 2. The number of ether oxygens (including phenoxy) is 2. The molecular weight excluding hydrogens is 540 g/mol. The van der Waals surface area contributed by atoms with Crippen LogP contribution in [0.15, 0.2) is 42.6 Å². The summed E-state index contributed by atoms with van der Waals surface area (Å²) in [6, 6.07) is 11.9. The number of methoxy groups -OCH3 is 1. The summed E-state index contributed by atoms with van der Waals surface area (Å²) in [5.41, 5.74) is 3.72. The van der Waals surface area contributed by atoms with E-state index < -0.39 is 0 Å². The fourth-order valence-corrected chi connectivity index (χ4v) is 7.06. The number of nitrogens with one attached hydrogen (secondary N) is 1. The average Bonchev–Trinajstić information content (AvgIpc) is 3.17. The second-order valence-corrected chi connectivity index (χ2v) is 12.5. The molecule has 2 aromatic carbocycles. The van der Waals surface area contributed by atoms with E-state index in [4.69, 9.17) is 21.1 Å². The number of aromatic nitrogens is 2. The smallest absolute Gasteiger partial charge is 0.258 e. The topological polar surface area (TPSA) is 83.1 Å². The molecule has 2 saturated heterocycles. The van der Waals surface area contributed by atoms with E-state index in [0.29, 0.717) is 28.4 Å². The molecule has 2 spiro atoms. The van der Waals surface area contributed by atoms with Gasteiger partial charge < -0.3 is 29.5 Å². The Labute approximate surface area is 245 Å². The molecule has 214 valence electrons. The summed E-state index contributed by atoms with van der Waals surface area (Å²) in [7, 11) is 5.74. The van der Waals surface area contributed by atoms with Crippen molar-refractivity contribution in [2.24, 2.45) is 5.41 Å². The number of amides is 1. The molecule has 0 atom stereocenters. The first-order valence-corrected chi connectivity index (χ1v) is 14.7. The van der Waals surface area contributed by atoms with Crippen LogP contribution >= 0.6 is 11.6 Å². The molecule has 41 heavy (non-hydrogen) atoms. The van der Waals surface area contributed by atoms with E-state index in [0.717, 1.165) is 49.3 Å². The minimum Gasteiger partial charge on any atom is -0.494 e. The highest BCUT2D eigenvalue weighted by Gasteiger charge is 2.52. The van der Waals surface area contributed by atoms with Crippen LogP contribution in [-0.2, 0) is 5.54 Å². The van der Waals surface area contributed by atoms with Crippen LogP contribution in [0.5, 0.6) is 17.4 Å². The molecule has 7 rings (SSSR count). The van der Waals surface area contributed by atoms with Gasteiger partial charge in [-0.25, -0.2) is 4.98 Å². The predicted octanol–water partition coefficient (Wildman–Crippen LogP) is 5.67. The summed E-state index contributed by atoms with van der Waals surface area (Å²) in [4.78, 5) is 28.8. The Bertz CT molecular complexity index is 1510. The lowest BCUT2D eigenvalue weighted by molar-refractivity contribution is 0.0378. The highest BCUT2D eigenvalue weighted by Crippen LogP contribution is 2.53. The highest BCUT2D eigenvalue weighted by molar-refractivity contribution is 6.31. The first-order valence-electron chi connectivity index (χ1n) is 14.3. The fourth-order valence-electron chi connectivity index (χ4n) is 6.93. The van der Waals surface area contributed by atoms with Crippen LogP contribution in [0.4, 0.5) is 17.3 Å². The van der Waals surface area contributed by atoms with Crippen LogP contribution in [0, 0.1) is 5.41 Å². The number of nitrogens with zero attached hydrogens (tertiary/aromatic N) is 5. The van der Waals surface area contributed by atoms with Gasteiger partial charge in [0, 0.05) is 37.3 Å². The second kappa shape index (κ2) is 9.77. The Morgan fingerprint density at radius 1 is 1.02 bits per heavy atom. The summed E-state index contributed by atoms with van der Waals surface area (Å²) < 4.78 is 11.9. The molecule has 10 heteroatoms. The second-order valence-electron chi connectivity index (χ2n) is 12.0. The number of hydrogen-bond donors (Lipinski definition) is 1. The van der Waals surface area contributed by atoms with E-state index in [-0.39, 0.29) is 22.3 Å². The van der Waals surface area contributed by atoms with Gasteiger partial charge in [0.1, 0.15) is 16.5 Å². The van der Waals surface area contributed by atoms with Gasteiger partial charge in [-0.3, -0.25) is 4.79 Å². The normalized spacial score (nSPS) is 20.5. The molecule has 1 amide bonds. The van der Waals surface area contributed by atoms with Crippen molar-refractivity contribution in [2.45, 2.75) is 37.6 Å². The van der Waals surface area contributed by atoms with Crippen molar-refractivity contribution in [3.05, 3.63) is 58.7 Å². The van der Waals surface area contributed by atoms with Gasteiger partial charge in [-0.05, 0) is 76.0 Å². The van der Waals surface area contributed by atoms with E-state index in [2.05, 4.69) is 44.3 Å². The Morgan fingerprint density at radius 3 is 2.51 bits per heavy atom. The zero-order valence-electron chi connectivity index (χ0n) is 23.7. The minimum absolute atomic E-state index is 0.0346. The van der Waals surface area contributed by atoms with Crippen LogP contribution in [0.1, 0.15) is 48.0 Å². The standard InChI is InChI=1S/C31H35ClN6O3/c1-36-14-12-30(13-15-36)18-38(19-30)20-8-9-23(25(16-20)40-3)34-29-33-17-22(32)27(35-29)41-24-7-4-6-21-26(24)28(39)37(2)31(21)10-5-11-31/h4,6-9,16-17H,5,10-15,18-19H2,1-3H3,(H,33,34,35). The van der Waals surface area contributed by atoms with Crippen molar-refractivity contribution in [1.82, 2.24) is 19.8 Å². The Kier molecular flexibility index (Phi) is 6.28. The lowest BCUT2D eigenvalue weighted by Gasteiger charge is -2.54. The van der Waals surface area contributed by atoms with Gasteiger partial charge in [-0.2, -0.15) is 4.98 Å². The maximum absolute atomic E-state index is 13.2. The van der Waals surface area contributed by atoms with Crippen LogP contribution in [0.3, 0.4) is 0 Å². The van der Waals surface area contributed by atoms with Gasteiger partial charge in [-0.1, -0.05) is 23.7 Å². The number of carbonyl (C=O) groups is 1. The third kappa shape index (κ3) is 4.28. The third-order valence-corrected chi connectivity index (χ3v) is 9.94. The maximum Gasteiger partial charge on any atom is 0.258 e. The highest BCUT2D eigenvalue weighted by atomic mass is 35.5. The maximum atomic E-state index is 13.2. The molecule has 0 unspecified atom stereocenters. The summed E-state index contributed by atoms with van der Waals surface area (Å²) in [5, 5.41) is 3.51. The van der Waals surface area contributed by atoms with Crippen molar-refractivity contribution in [2.75, 3.05) is 57.6 Å². The lowest BCUT2D eigenvalue weighted by atomic mass is 9.72.